The summed E-state index contributed by atoms with van der Waals surface area (Å²) >= 11 is 0. The van der Waals surface area contributed by atoms with Crippen LogP contribution in [0.1, 0.15) is 23.6 Å². The van der Waals surface area contributed by atoms with Crippen LogP contribution in [0.5, 0.6) is 0 Å². The van der Waals surface area contributed by atoms with Gasteiger partial charge in [0.25, 0.3) is 0 Å². The molecular formula is C23H23N5. The van der Waals surface area contributed by atoms with Gasteiger partial charge in [0.05, 0.1) is 16.6 Å². The molecule has 2 aromatic heterocycles. The summed E-state index contributed by atoms with van der Waals surface area (Å²) < 4.78 is 2.09. The van der Waals surface area contributed by atoms with E-state index in [9.17, 15) is 5.26 Å². The topological polar surface area (TPSA) is 56.4 Å². The number of nitriles is 1. The Balaban J connectivity index is 2.04. The lowest BCUT2D eigenvalue weighted by atomic mass is 10.0. The minimum Gasteiger partial charge on any atom is -0.378 e. The van der Waals surface area contributed by atoms with Crippen molar-refractivity contribution in [2.24, 2.45) is 0 Å². The fraction of sp³-hybridized carbons (Fsp3) is 0.217. The maximum atomic E-state index is 9.81. The molecule has 5 nitrogen and oxygen atoms in total. The number of hydrogen-bond acceptors (Lipinski definition) is 4. The summed E-state index contributed by atoms with van der Waals surface area (Å²) in [5, 5.41) is 13.4. The van der Waals surface area contributed by atoms with Crippen LogP contribution in [-0.2, 0) is 6.42 Å². The number of nitrogens with zero attached hydrogens (tertiary/aromatic N) is 4. The molecule has 0 bridgehead atoms. The van der Waals surface area contributed by atoms with Crippen molar-refractivity contribution in [3.05, 3.63) is 65.2 Å². The number of para-hydroxylation sites is 2. The summed E-state index contributed by atoms with van der Waals surface area (Å²) in [6.45, 7) is 4.13. The van der Waals surface area contributed by atoms with Crippen molar-refractivity contribution in [2.75, 3.05) is 24.3 Å². The van der Waals surface area contributed by atoms with Crippen LogP contribution in [0.15, 0.2) is 48.5 Å². The molecule has 0 aliphatic rings. The first kappa shape index (κ1) is 17.9. The van der Waals surface area contributed by atoms with Gasteiger partial charge in [0, 0.05) is 25.5 Å². The molecular weight excluding hydrogens is 346 g/mol. The smallest absolute Gasteiger partial charge is 0.157 e. The molecule has 1 N–H and O–H groups in total. The highest BCUT2D eigenvalue weighted by Gasteiger charge is 2.20. The first-order valence-electron chi connectivity index (χ1n) is 9.42. The fourth-order valence-electron chi connectivity index (χ4n) is 3.75. The monoisotopic (exact) mass is 369 g/mol. The number of aromatic nitrogens is 2. The van der Waals surface area contributed by atoms with Crippen LogP contribution in [0.3, 0.4) is 0 Å². The molecule has 2 heterocycles. The SMILES string of the molecule is CCc1c(C)c(C#N)c2nc3ccccc3n2c1Nc1cccc(N(C)C)c1. The van der Waals surface area contributed by atoms with Crippen molar-refractivity contribution in [3.63, 3.8) is 0 Å². The van der Waals surface area contributed by atoms with Crippen LogP contribution < -0.4 is 10.2 Å². The zero-order valence-corrected chi connectivity index (χ0v) is 16.6. The Morgan fingerprint density at radius 1 is 1.14 bits per heavy atom. The lowest BCUT2D eigenvalue weighted by molar-refractivity contribution is 1.05. The second kappa shape index (κ2) is 6.90. The van der Waals surface area contributed by atoms with E-state index in [0.717, 1.165) is 45.8 Å². The van der Waals surface area contributed by atoms with E-state index < -0.39 is 0 Å². The minimum absolute atomic E-state index is 0.639. The van der Waals surface area contributed by atoms with Crippen LogP contribution in [-0.4, -0.2) is 23.5 Å². The largest absolute Gasteiger partial charge is 0.378 e. The van der Waals surface area contributed by atoms with Gasteiger partial charge < -0.3 is 10.2 Å². The Kier molecular flexibility index (Phi) is 4.40. The lowest BCUT2D eigenvalue weighted by Gasteiger charge is -2.19. The molecule has 0 aliphatic carbocycles. The number of imidazole rings is 1. The van der Waals surface area contributed by atoms with Crippen LogP contribution in [0, 0.1) is 18.3 Å². The first-order chi connectivity index (χ1) is 13.5. The predicted molar refractivity (Wildman–Crippen MR) is 116 cm³/mol. The zero-order chi connectivity index (χ0) is 19.8. The molecule has 0 saturated carbocycles. The lowest BCUT2D eigenvalue weighted by Crippen LogP contribution is -2.10. The number of pyridine rings is 1. The van der Waals surface area contributed by atoms with Crippen LogP contribution in [0.4, 0.5) is 17.2 Å². The van der Waals surface area contributed by atoms with Gasteiger partial charge in [-0.25, -0.2) is 4.98 Å². The van der Waals surface area contributed by atoms with Gasteiger partial charge in [0.2, 0.25) is 0 Å². The third kappa shape index (κ3) is 2.74. The fourth-order valence-corrected chi connectivity index (χ4v) is 3.75. The van der Waals surface area contributed by atoms with E-state index in [1.54, 1.807) is 0 Å². The summed E-state index contributed by atoms with van der Waals surface area (Å²) in [4.78, 5) is 6.84. The second-order valence-electron chi connectivity index (χ2n) is 7.12. The van der Waals surface area contributed by atoms with Gasteiger partial charge in [-0.2, -0.15) is 5.26 Å². The van der Waals surface area contributed by atoms with Crippen molar-refractivity contribution in [1.29, 1.82) is 5.26 Å². The van der Waals surface area contributed by atoms with Crippen molar-refractivity contribution < 1.29 is 0 Å². The molecule has 5 heteroatoms. The molecule has 2 aromatic carbocycles. The number of rotatable bonds is 4. The average Bonchev–Trinajstić information content (AvgIpc) is 3.07. The molecule has 0 unspecified atom stereocenters. The van der Waals surface area contributed by atoms with E-state index in [0.29, 0.717) is 11.2 Å². The molecule has 4 rings (SSSR count). The Morgan fingerprint density at radius 3 is 2.64 bits per heavy atom. The third-order valence-corrected chi connectivity index (χ3v) is 5.21. The summed E-state index contributed by atoms with van der Waals surface area (Å²) in [5.74, 6) is 0.971. The van der Waals surface area contributed by atoms with Gasteiger partial charge in [-0.15, -0.1) is 0 Å². The minimum atomic E-state index is 0.639. The highest BCUT2D eigenvalue weighted by Crippen LogP contribution is 2.33. The number of nitrogens with one attached hydrogen (secondary N) is 1. The first-order valence-corrected chi connectivity index (χ1v) is 9.42. The van der Waals surface area contributed by atoms with Crippen molar-refractivity contribution in [3.8, 4) is 6.07 Å². The third-order valence-electron chi connectivity index (χ3n) is 5.21. The van der Waals surface area contributed by atoms with Crippen molar-refractivity contribution in [1.82, 2.24) is 9.38 Å². The van der Waals surface area contributed by atoms with E-state index in [4.69, 9.17) is 4.98 Å². The van der Waals surface area contributed by atoms with Gasteiger partial charge in [0.15, 0.2) is 5.65 Å². The number of benzene rings is 2. The maximum absolute atomic E-state index is 9.81. The molecule has 0 saturated heterocycles. The molecule has 28 heavy (non-hydrogen) atoms. The standard InChI is InChI=1S/C23H23N5/c1-5-18-15(2)19(14-24)23-26-20-11-6-7-12-21(20)28(23)22(18)25-16-9-8-10-17(13-16)27(3)4/h6-13,25H,5H2,1-4H3. The normalized spacial score (nSPS) is 11.0. The quantitative estimate of drug-likeness (QED) is 0.547. The summed E-state index contributed by atoms with van der Waals surface area (Å²) in [6, 6.07) is 18.7. The molecule has 4 aromatic rings. The molecule has 0 radical (unpaired) electrons. The maximum Gasteiger partial charge on any atom is 0.157 e. The van der Waals surface area contributed by atoms with Crippen molar-refractivity contribution >= 4 is 33.9 Å². The van der Waals surface area contributed by atoms with Crippen LogP contribution in [0.25, 0.3) is 16.7 Å². The molecule has 0 spiro atoms. The number of fused-ring (bicyclic) bond motifs is 3. The molecule has 0 aliphatic heterocycles. The van der Waals surface area contributed by atoms with Crippen LogP contribution in [0.2, 0.25) is 0 Å². The van der Waals surface area contributed by atoms with E-state index in [2.05, 4.69) is 45.8 Å². The summed E-state index contributed by atoms with van der Waals surface area (Å²) in [7, 11) is 4.06. The van der Waals surface area contributed by atoms with Gasteiger partial charge >= 0.3 is 0 Å². The predicted octanol–water partition coefficient (Wildman–Crippen LogP) is 5.04. The Bertz CT molecular complexity index is 1230. The van der Waals surface area contributed by atoms with E-state index >= 15 is 0 Å². The van der Waals surface area contributed by atoms with Crippen molar-refractivity contribution in [2.45, 2.75) is 20.3 Å². The number of hydrogen-bond donors (Lipinski definition) is 1. The number of anilines is 3. The average molecular weight is 369 g/mol. The molecule has 140 valence electrons. The van der Waals surface area contributed by atoms with Gasteiger partial charge in [-0.05, 0) is 54.8 Å². The second-order valence-corrected chi connectivity index (χ2v) is 7.12. The Labute approximate surface area is 164 Å². The van der Waals surface area contributed by atoms with Gasteiger partial charge in [-0.1, -0.05) is 25.1 Å². The molecule has 0 atom stereocenters. The highest BCUT2D eigenvalue weighted by atomic mass is 15.1. The summed E-state index contributed by atoms with van der Waals surface area (Å²) in [6.07, 6.45) is 0.818. The van der Waals surface area contributed by atoms with Gasteiger partial charge in [-0.3, -0.25) is 4.40 Å². The van der Waals surface area contributed by atoms with E-state index in [1.807, 2.05) is 51.4 Å². The van der Waals surface area contributed by atoms with Gasteiger partial charge in [0.1, 0.15) is 11.9 Å². The Morgan fingerprint density at radius 2 is 1.93 bits per heavy atom. The molecule has 0 amide bonds. The summed E-state index contributed by atoms with van der Waals surface area (Å²) in [5.41, 5.74) is 7.46. The highest BCUT2D eigenvalue weighted by molar-refractivity contribution is 5.87. The van der Waals surface area contributed by atoms with E-state index in [-0.39, 0.29) is 0 Å². The van der Waals surface area contributed by atoms with E-state index in [1.165, 1.54) is 0 Å². The Hall–Kier alpha value is -3.52. The van der Waals surface area contributed by atoms with Crippen LogP contribution >= 0.6 is 0 Å². The molecule has 0 fully saturated rings. The zero-order valence-electron chi connectivity index (χ0n) is 16.6.